The molecule has 3 aliphatic heterocycles. The number of benzene rings is 1. The molecule has 3 heterocycles. The third kappa shape index (κ3) is 3.38. The predicted octanol–water partition coefficient (Wildman–Crippen LogP) is 2.08. The zero-order valence-electron chi connectivity index (χ0n) is 15.3. The van der Waals surface area contributed by atoms with Crippen molar-refractivity contribution in [3.8, 4) is 0 Å². The second-order valence-corrected chi connectivity index (χ2v) is 7.70. The molecule has 0 bridgehead atoms. The molecule has 26 heavy (non-hydrogen) atoms. The van der Waals surface area contributed by atoms with Gasteiger partial charge in [-0.05, 0) is 36.5 Å². The highest BCUT2D eigenvalue weighted by molar-refractivity contribution is 5.78. The number of methoxy groups -OCH3 is 1. The van der Waals surface area contributed by atoms with Crippen LogP contribution in [0.4, 0.5) is 4.39 Å². The summed E-state index contributed by atoms with van der Waals surface area (Å²) >= 11 is 0. The van der Waals surface area contributed by atoms with Crippen molar-refractivity contribution in [2.24, 2.45) is 11.8 Å². The molecule has 5 nitrogen and oxygen atoms in total. The van der Waals surface area contributed by atoms with E-state index in [1.807, 2.05) is 11.0 Å². The topological polar surface area (TPSA) is 42.0 Å². The van der Waals surface area contributed by atoms with Crippen LogP contribution in [0, 0.1) is 17.7 Å². The largest absolute Gasteiger partial charge is 0.381 e. The smallest absolute Gasteiger partial charge is 0.249 e. The Hall–Kier alpha value is -1.50. The molecular formula is C20H27FN2O3. The van der Waals surface area contributed by atoms with Gasteiger partial charge in [0.15, 0.2) is 0 Å². The molecule has 0 unspecified atom stereocenters. The van der Waals surface area contributed by atoms with Gasteiger partial charge in [-0.25, -0.2) is 4.39 Å². The number of fused-ring (bicyclic) bond motifs is 1. The maximum absolute atomic E-state index is 13.9. The Bertz CT molecular complexity index is 650. The highest BCUT2D eigenvalue weighted by atomic mass is 19.1. The van der Waals surface area contributed by atoms with Gasteiger partial charge < -0.3 is 14.4 Å². The van der Waals surface area contributed by atoms with Crippen molar-refractivity contribution in [3.05, 3.63) is 35.6 Å². The fourth-order valence-corrected chi connectivity index (χ4v) is 5.01. The van der Waals surface area contributed by atoms with E-state index in [2.05, 4.69) is 4.90 Å². The third-order valence-corrected chi connectivity index (χ3v) is 6.18. The van der Waals surface area contributed by atoms with E-state index in [1.165, 1.54) is 6.07 Å². The first-order valence-corrected chi connectivity index (χ1v) is 9.53. The van der Waals surface area contributed by atoms with E-state index in [9.17, 15) is 9.18 Å². The maximum atomic E-state index is 13.9. The Labute approximate surface area is 154 Å². The van der Waals surface area contributed by atoms with Crippen LogP contribution in [0.15, 0.2) is 24.3 Å². The van der Waals surface area contributed by atoms with E-state index in [1.54, 1.807) is 19.2 Å². The second kappa shape index (κ2) is 7.62. The standard InChI is InChI=1S/C20H27FN2O3/c1-25-13-19(24)23-11-15-10-22(17-5-7-26-8-6-17)12-18(15)20(23)14-3-2-4-16(21)9-14/h2-4,9,15,17-18,20H,5-8,10-13H2,1H3/t15-,18-,20+/m1/s1. The third-order valence-electron chi connectivity index (χ3n) is 6.18. The minimum atomic E-state index is -0.246. The van der Waals surface area contributed by atoms with Crippen LogP contribution in [0.2, 0.25) is 0 Å². The molecule has 4 rings (SSSR count). The molecule has 0 aromatic heterocycles. The van der Waals surface area contributed by atoms with Crippen LogP contribution in [-0.4, -0.2) is 68.3 Å². The maximum Gasteiger partial charge on any atom is 0.249 e. The second-order valence-electron chi connectivity index (χ2n) is 7.70. The zero-order valence-corrected chi connectivity index (χ0v) is 15.3. The van der Waals surface area contributed by atoms with Gasteiger partial charge >= 0.3 is 0 Å². The van der Waals surface area contributed by atoms with E-state index >= 15 is 0 Å². The Morgan fingerprint density at radius 2 is 2.08 bits per heavy atom. The van der Waals surface area contributed by atoms with Crippen LogP contribution >= 0.6 is 0 Å². The quantitative estimate of drug-likeness (QED) is 0.823. The Morgan fingerprint density at radius 3 is 2.81 bits per heavy atom. The zero-order chi connectivity index (χ0) is 18.1. The van der Waals surface area contributed by atoms with Gasteiger partial charge in [-0.1, -0.05) is 12.1 Å². The summed E-state index contributed by atoms with van der Waals surface area (Å²) in [5.41, 5.74) is 0.899. The average molecular weight is 362 g/mol. The number of ether oxygens (including phenoxy) is 2. The molecule has 3 fully saturated rings. The molecule has 1 aromatic rings. The summed E-state index contributed by atoms with van der Waals surface area (Å²) in [6, 6.07) is 7.23. The van der Waals surface area contributed by atoms with Gasteiger partial charge in [0.1, 0.15) is 12.4 Å². The summed E-state index contributed by atoms with van der Waals surface area (Å²) in [6.45, 7) is 4.46. The number of amides is 1. The average Bonchev–Trinajstić information content (AvgIpc) is 3.20. The summed E-state index contributed by atoms with van der Waals surface area (Å²) in [6.07, 6.45) is 2.16. The fourth-order valence-electron chi connectivity index (χ4n) is 5.01. The molecule has 0 N–H and O–H groups in total. The van der Waals surface area contributed by atoms with Crippen molar-refractivity contribution in [2.75, 3.05) is 46.6 Å². The number of halogens is 1. The Morgan fingerprint density at radius 1 is 1.27 bits per heavy atom. The van der Waals surface area contributed by atoms with Crippen LogP contribution < -0.4 is 0 Å². The minimum absolute atomic E-state index is 0.00576. The van der Waals surface area contributed by atoms with E-state index in [-0.39, 0.29) is 24.4 Å². The molecule has 1 amide bonds. The monoisotopic (exact) mass is 362 g/mol. The highest BCUT2D eigenvalue weighted by Crippen LogP contribution is 2.46. The lowest BCUT2D eigenvalue weighted by molar-refractivity contribution is -0.136. The van der Waals surface area contributed by atoms with Crippen LogP contribution in [-0.2, 0) is 14.3 Å². The Kier molecular flexibility index (Phi) is 5.25. The number of carbonyl (C=O) groups is 1. The van der Waals surface area contributed by atoms with Gasteiger partial charge in [-0.2, -0.15) is 0 Å². The fraction of sp³-hybridized carbons (Fsp3) is 0.650. The number of nitrogens with zero attached hydrogens (tertiary/aromatic N) is 2. The van der Waals surface area contributed by atoms with Crippen molar-refractivity contribution in [2.45, 2.75) is 24.9 Å². The number of rotatable bonds is 4. The predicted molar refractivity (Wildman–Crippen MR) is 95.1 cm³/mol. The van der Waals surface area contributed by atoms with Gasteiger partial charge in [0.25, 0.3) is 0 Å². The molecule has 3 aliphatic rings. The first-order chi connectivity index (χ1) is 12.7. The molecule has 0 radical (unpaired) electrons. The van der Waals surface area contributed by atoms with Crippen LogP contribution in [0.3, 0.4) is 0 Å². The van der Waals surface area contributed by atoms with E-state index in [0.29, 0.717) is 17.9 Å². The molecule has 6 heteroatoms. The SMILES string of the molecule is COCC(=O)N1C[C@H]2CN(C3CCOCC3)C[C@H]2[C@@H]1c1cccc(F)c1. The summed E-state index contributed by atoms with van der Waals surface area (Å²) in [5.74, 6) is 0.533. The van der Waals surface area contributed by atoms with Crippen molar-refractivity contribution in [3.63, 3.8) is 0 Å². The molecule has 142 valence electrons. The van der Waals surface area contributed by atoms with Crippen LogP contribution in [0.1, 0.15) is 24.4 Å². The van der Waals surface area contributed by atoms with E-state index in [0.717, 1.165) is 51.3 Å². The first-order valence-electron chi connectivity index (χ1n) is 9.53. The van der Waals surface area contributed by atoms with Crippen molar-refractivity contribution < 1.29 is 18.7 Å². The number of likely N-dealkylation sites (tertiary alicyclic amines) is 2. The van der Waals surface area contributed by atoms with Crippen molar-refractivity contribution >= 4 is 5.91 Å². The normalized spacial score (nSPS) is 29.9. The van der Waals surface area contributed by atoms with Gasteiger partial charge in [0.2, 0.25) is 5.91 Å². The minimum Gasteiger partial charge on any atom is -0.381 e. The van der Waals surface area contributed by atoms with Gasteiger partial charge in [-0.15, -0.1) is 0 Å². The highest BCUT2D eigenvalue weighted by Gasteiger charge is 2.50. The number of hydrogen-bond acceptors (Lipinski definition) is 4. The molecule has 0 spiro atoms. The van der Waals surface area contributed by atoms with Crippen molar-refractivity contribution in [1.82, 2.24) is 9.80 Å². The molecular weight excluding hydrogens is 335 g/mol. The van der Waals surface area contributed by atoms with Crippen molar-refractivity contribution in [1.29, 1.82) is 0 Å². The first kappa shape index (κ1) is 17.9. The summed E-state index contributed by atoms with van der Waals surface area (Å²) in [5, 5.41) is 0. The number of carbonyl (C=O) groups excluding carboxylic acids is 1. The number of hydrogen-bond donors (Lipinski definition) is 0. The van der Waals surface area contributed by atoms with E-state index < -0.39 is 0 Å². The lowest BCUT2D eigenvalue weighted by Crippen LogP contribution is -2.42. The molecule has 1 aromatic carbocycles. The molecule has 3 atom stereocenters. The van der Waals surface area contributed by atoms with Gasteiger partial charge in [-0.3, -0.25) is 9.69 Å². The van der Waals surface area contributed by atoms with Gasteiger partial charge in [0, 0.05) is 51.9 Å². The van der Waals surface area contributed by atoms with Crippen LogP contribution in [0.5, 0.6) is 0 Å². The van der Waals surface area contributed by atoms with Gasteiger partial charge in [0.05, 0.1) is 6.04 Å². The summed E-state index contributed by atoms with van der Waals surface area (Å²) in [7, 11) is 1.54. The molecule has 0 aliphatic carbocycles. The lowest BCUT2D eigenvalue weighted by Gasteiger charge is -2.34. The van der Waals surface area contributed by atoms with E-state index in [4.69, 9.17) is 9.47 Å². The summed E-state index contributed by atoms with van der Waals surface area (Å²) < 4.78 is 24.4. The summed E-state index contributed by atoms with van der Waals surface area (Å²) in [4.78, 5) is 17.1. The van der Waals surface area contributed by atoms with Crippen LogP contribution in [0.25, 0.3) is 0 Å². The molecule has 0 saturated carbocycles. The lowest BCUT2D eigenvalue weighted by atomic mass is 9.89. The Balaban J connectivity index is 1.57. The molecule has 3 saturated heterocycles.